The van der Waals surface area contributed by atoms with Crippen LogP contribution < -0.4 is 4.74 Å². The summed E-state index contributed by atoms with van der Waals surface area (Å²) in [5.41, 5.74) is 0.827. The molecule has 1 unspecified atom stereocenters. The summed E-state index contributed by atoms with van der Waals surface area (Å²) in [6.45, 7) is 5.00. The molecule has 0 spiro atoms. The Bertz CT molecular complexity index is 312. The van der Waals surface area contributed by atoms with Crippen LogP contribution in [0.25, 0.3) is 0 Å². The summed E-state index contributed by atoms with van der Waals surface area (Å²) in [6, 6.07) is 5.69. The molecule has 3 heteroatoms. The number of halogens is 1. The van der Waals surface area contributed by atoms with Gasteiger partial charge in [-0.25, -0.2) is 0 Å². The van der Waals surface area contributed by atoms with E-state index in [9.17, 15) is 0 Å². The van der Waals surface area contributed by atoms with E-state index in [-0.39, 0.29) is 6.61 Å². The highest BCUT2D eigenvalue weighted by atomic mass is 79.9. The number of hydrogen-bond acceptors (Lipinski definition) is 2. The fourth-order valence-corrected chi connectivity index (χ4v) is 1.57. The van der Waals surface area contributed by atoms with E-state index in [0.717, 1.165) is 22.2 Å². The molecular weight excluding hydrogens is 256 g/mol. The van der Waals surface area contributed by atoms with E-state index < -0.39 is 0 Å². The number of ether oxygens (including phenoxy) is 1. The highest BCUT2D eigenvalue weighted by Crippen LogP contribution is 2.23. The Balaban J connectivity index is 2.67. The van der Waals surface area contributed by atoms with Crippen molar-refractivity contribution in [2.24, 2.45) is 5.92 Å². The van der Waals surface area contributed by atoms with Crippen molar-refractivity contribution in [1.82, 2.24) is 0 Å². The first-order valence-corrected chi connectivity index (χ1v) is 5.98. The van der Waals surface area contributed by atoms with Gasteiger partial charge in [-0.1, -0.05) is 36.2 Å². The Hall–Kier alpha value is -0.540. The van der Waals surface area contributed by atoms with E-state index in [0.29, 0.717) is 12.5 Å². The van der Waals surface area contributed by atoms with Gasteiger partial charge in [0.05, 0.1) is 13.2 Å². The highest BCUT2D eigenvalue weighted by molar-refractivity contribution is 9.10. The van der Waals surface area contributed by atoms with Gasteiger partial charge < -0.3 is 9.84 Å². The first-order chi connectivity index (χ1) is 7.17. The van der Waals surface area contributed by atoms with Crippen LogP contribution in [-0.2, 0) is 6.61 Å². The Kier molecular flexibility index (Phi) is 5.12. The Morgan fingerprint density at radius 1 is 1.47 bits per heavy atom. The molecule has 0 aromatic heterocycles. The lowest BCUT2D eigenvalue weighted by Crippen LogP contribution is -2.08. The molecule has 0 bridgehead atoms. The largest absolute Gasteiger partial charge is 0.493 e. The van der Waals surface area contributed by atoms with Crippen LogP contribution in [0.1, 0.15) is 25.8 Å². The summed E-state index contributed by atoms with van der Waals surface area (Å²) in [5, 5.41) is 9.16. The predicted octanol–water partition coefficient (Wildman–Crippen LogP) is 3.37. The van der Waals surface area contributed by atoms with Crippen LogP contribution in [-0.4, -0.2) is 11.7 Å². The molecule has 1 atom stereocenters. The number of benzene rings is 1. The van der Waals surface area contributed by atoms with E-state index >= 15 is 0 Å². The summed E-state index contributed by atoms with van der Waals surface area (Å²) in [4.78, 5) is 0. The van der Waals surface area contributed by atoms with E-state index in [1.165, 1.54) is 0 Å². The minimum Gasteiger partial charge on any atom is -0.493 e. The summed E-state index contributed by atoms with van der Waals surface area (Å²) >= 11 is 3.36. The number of rotatable bonds is 5. The second kappa shape index (κ2) is 6.13. The van der Waals surface area contributed by atoms with Crippen LogP contribution >= 0.6 is 15.9 Å². The quantitative estimate of drug-likeness (QED) is 0.891. The van der Waals surface area contributed by atoms with Crippen molar-refractivity contribution in [3.63, 3.8) is 0 Å². The topological polar surface area (TPSA) is 29.5 Å². The van der Waals surface area contributed by atoms with Gasteiger partial charge in [-0.05, 0) is 24.1 Å². The molecule has 15 heavy (non-hydrogen) atoms. The van der Waals surface area contributed by atoms with Crippen LogP contribution in [0.3, 0.4) is 0 Å². The normalized spacial score (nSPS) is 12.5. The maximum atomic E-state index is 9.16. The van der Waals surface area contributed by atoms with Crippen molar-refractivity contribution in [3.05, 3.63) is 28.2 Å². The van der Waals surface area contributed by atoms with Gasteiger partial charge in [-0.15, -0.1) is 0 Å². The first-order valence-electron chi connectivity index (χ1n) is 5.19. The molecule has 84 valence electrons. The van der Waals surface area contributed by atoms with E-state index in [1.807, 2.05) is 18.2 Å². The third kappa shape index (κ3) is 3.84. The summed E-state index contributed by atoms with van der Waals surface area (Å²) in [7, 11) is 0. The fraction of sp³-hybridized carbons (Fsp3) is 0.500. The zero-order valence-electron chi connectivity index (χ0n) is 9.16. The second-order valence-electron chi connectivity index (χ2n) is 3.73. The van der Waals surface area contributed by atoms with E-state index in [4.69, 9.17) is 9.84 Å². The van der Waals surface area contributed by atoms with Gasteiger partial charge in [-0.2, -0.15) is 0 Å². The number of hydrogen-bond donors (Lipinski definition) is 1. The van der Waals surface area contributed by atoms with Crippen molar-refractivity contribution in [3.8, 4) is 5.75 Å². The molecule has 0 saturated heterocycles. The van der Waals surface area contributed by atoms with Crippen molar-refractivity contribution >= 4 is 15.9 Å². The molecule has 0 aliphatic rings. The maximum Gasteiger partial charge on any atom is 0.124 e. The Morgan fingerprint density at radius 3 is 2.80 bits per heavy atom. The summed E-state index contributed by atoms with van der Waals surface area (Å²) < 4.78 is 6.62. The summed E-state index contributed by atoms with van der Waals surface area (Å²) in [5.74, 6) is 1.32. The van der Waals surface area contributed by atoms with Gasteiger partial charge in [0.15, 0.2) is 0 Å². The molecule has 1 aromatic carbocycles. The lowest BCUT2D eigenvalue weighted by molar-refractivity contribution is 0.237. The van der Waals surface area contributed by atoms with Gasteiger partial charge in [0.1, 0.15) is 5.75 Å². The predicted molar refractivity (Wildman–Crippen MR) is 65.0 cm³/mol. The summed E-state index contributed by atoms with van der Waals surface area (Å²) in [6.07, 6.45) is 1.10. The smallest absolute Gasteiger partial charge is 0.124 e. The molecule has 2 nitrogen and oxygen atoms in total. The monoisotopic (exact) mass is 272 g/mol. The van der Waals surface area contributed by atoms with Crippen molar-refractivity contribution in [2.45, 2.75) is 26.9 Å². The second-order valence-corrected chi connectivity index (χ2v) is 4.65. The molecule has 0 heterocycles. The first kappa shape index (κ1) is 12.5. The molecule has 1 aromatic rings. The zero-order chi connectivity index (χ0) is 11.3. The SMILES string of the molecule is CCC(C)COc1ccc(Br)cc1CO. The minimum absolute atomic E-state index is 0.00921. The van der Waals surface area contributed by atoms with E-state index in [2.05, 4.69) is 29.8 Å². The zero-order valence-corrected chi connectivity index (χ0v) is 10.8. The van der Waals surface area contributed by atoms with Crippen LogP contribution in [0.2, 0.25) is 0 Å². The van der Waals surface area contributed by atoms with Crippen LogP contribution in [0.15, 0.2) is 22.7 Å². The average molecular weight is 273 g/mol. The molecule has 0 aliphatic heterocycles. The third-order valence-electron chi connectivity index (χ3n) is 2.41. The van der Waals surface area contributed by atoms with Crippen LogP contribution in [0.4, 0.5) is 0 Å². The molecule has 1 rings (SSSR count). The molecule has 0 amide bonds. The van der Waals surface area contributed by atoms with Gasteiger partial charge in [0.2, 0.25) is 0 Å². The van der Waals surface area contributed by atoms with Gasteiger partial charge in [-0.3, -0.25) is 0 Å². The molecule has 0 saturated carbocycles. The Labute approximate surface area is 99.4 Å². The van der Waals surface area contributed by atoms with Gasteiger partial charge in [0.25, 0.3) is 0 Å². The molecule has 0 aliphatic carbocycles. The average Bonchev–Trinajstić information content (AvgIpc) is 2.26. The van der Waals surface area contributed by atoms with Crippen molar-refractivity contribution < 1.29 is 9.84 Å². The molecule has 0 radical (unpaired) electrons. The maximum absolute atomic E-state index is 9.16. The minimum atomic E-state index is 0.00921. The van der Waals surface area contributed by atoms with Crippen LogP contribution in [0, 0.1) is 5.92 Å². The molecule has 1 N–H and O–H groups in total. The standard InChI is InChI=1S/C12H17BrO2/c1-3-9(2)8-15-12-5-4-11(13)6-10(12)7-14/h4-6,9,14H,3,7-8H2,1-2H3. The fourth-order valence-electron chi connectivity index (χ4n) is 1.16. The van der Waals surface area contributed by atoms with Gasteiger partial charge >= 0.3 is 0 Å². The lowest BCUT2D eigenvalue weighted by Gasteiger charge is -2.13. The van der Waals surface area contributed by atoms with Gasteiger partial charge in [0, 0.05) is 10.0 Å². The number of aliphatic hydroxyl groups excluding tert-OH is 1. The molecule has 0 fully saturated rings. The number of aliphatic hydroxyl groups is 1. The van der Waals surface area contributed by atoms with E-state index in [1.54, 1.807) is 0 Å². The Morgan fingerprint density at radius 2 is 2.20 bits per heavy atom. The molecular formula is C12H17BrO2. The lowest BCUT2D eigenvalue weighted by atomic mass is 10.1. The van der Waals surface area contributed by atoms with Crippen molar-refractivity contribution in [1.29, 1.82) is 0 Å². The van der Waals surface area contributed by atoms with Crippen molar-refractivity contribution in [2.75, 3.05) is 6.61 Å². The van der Waals surface area contributed by atoms with Crippen LogP contribution in [0.5, 0.6) is 5.75 Å². The highest BCUT2D eigenvalue weighted by Gasteiger charge is 2.05. The third-order valence-corrected chi connectivity index (χ3v) is 2.91.